The van der Waals surface area contributed by atoms with Gasteiger partial charge in [0.2, 0.25) is 0 Å². The zero-order valence-corrected chi connectivity index (χ0v) is 10.3. The third-order valence-electron chi connectivity index (χ3n) is 2.28. The van der Waals surface area contributed by atoms with Crippen molar-refractivity contribution in [2.75, 3.05) is 5.32 Å². The number of thiophene rings is 1. The number of nitrogens with one attached hydrogen (secondary N) is 1. The molecule has 2 aromatic heterocycles. The van der Waals surface area contributed by atoms with Crippen molar-refractivity contribution in [1.82, 2.24) is 9.97 Å². The average molecular weight is 233 g/mol. The predicted molar refractivity (Wildman–Crippen MR) is 67.8 cm³/mol. The van der Waals surface area contributed by atoms with Gasteiger partial charge < -0.3 is 5.32 Å². The van der Waals surface area contributed by atoms with Crippen LogP contribution in [-0.2, 0) is 13.0 Å². The van der Waals surface area contributed by atoms with Crippen LogP contribution in [0.15, 0.2) is 23.6 Å². The minimum absolute atomic E-state index is 0.827. The summed E-state index contributed by atoms with van der Waals surface area (Å²) in [7, 11) is 0. The second-order valence-corrected chi connectivity index (χ2v) is 4.61. The van der Waals surface area contributed by atoms with Crippen LogP contribution in [0.25, 0.3) is 0 Å². The molecule has 0 aliphatic heterocycles. The highest BCUT2D eigenvalue weighted by atomic mass is 32.1. The lowest BCUT2D eigenvalue weighted by Crippen LogP contribution is -2.03. The second kappa shape index (κ2) is 5.07. The number of hydrogen-bond donors (Lipinski definition) is 1. The number of rotatable bonds is 4. The summed E-state index contributed by atoms with van der Waals surface area (Å²) in [5.41, 5.74) is 1.08. The van der Waals surface area contributed by atoms with Crippen molar-refractivity contribution >= 4 is 17.2 Å². The summed E-state index contributed by atoms with van der Waals surface area (Å²) < 4.78 is 0. The van der Waals surface area contributed by atoms with E-state index in [1.54, 1.807) is 11.3 Å². The van der Waals surface area contributed by atoms with Gasteiger partial charge in [0.05, 0.1) is 6.54 Å². The quantitative estimate of drug-likeness (QED) is 0.882. The SMILES string of the molecule is CCc1cc(NCc2cccs2)nc(C)n1. The Morgan fingerprint density at radius 3 is 2.94 bits per heavy atom. The van der Waals surface area contributed by atoms with E-state index in [0.717, 1.165) is 30.3 Å². The van der Waals surface area contributed by atoms with Crippen LogP contribution in [0.3, 0.4) is 0 Å². The molecule has 0 fully saturated rings. The van der Waals surface area contributed by atoms with Crippen molar-refractivity contribution in [2.24, 2.45) is 0 Å². The van der Waals surface area contributed by atoms with Crippen molar-refractivity contribution in [3.63, 3.8) is 0 Å². The first-order valence-electron chi connectivity index (χ1n) is 5.38. The Morgan fingerprint density at radius 1 is 1.38 bits per heavy atom. The second-order valence-electron chi connectivity index (χ2n) is 3.58. The summed E-state index contributed by atoms with van der Waals surface area (Å²) >= 11 is 1.75. The molecule has 0 spiro atoms. The van der Waals surface area contributed by atoms with Crippen LogP contribution >= 0.6 is 11.3 Å². The topological polar surface area (TPSA) is 37.8 Å². The normalized spacial score (nSPS) is 10.4. The zero-order chi connectivity index (χ0) is 11.4. The molecule has 0 bridgehead atoms. The van der Waals surface area contributed by atoms with Gasteiger partial charge in [-0.25, -0.2) is 9.97 Å². The molecule has 0 aliphatic carbocycles. The van der Waals surface area contributed by atoms with E-state index in [9.17, 15) is 0 Å². The Labute approximate surface area is 99.6 Å². The lowest BCUT2D eigenvalue weighted by Gasteiger charge is -2.06. The lowest BCUT2D eigenvalue weighted by molar-refractivity contribution is 0.943. The van der Waals surface area contributed by atoms with Crippen LogP contribution in [0, 0.1) is 6.92 Å². The summed E-state index contributed by atoms with van der Waals surface area (Å²) in [6.07, 6.45) is 0.942. The summed E-state index contributed by atoms with van der Waals surface area (Å²) in [5, 5.41) is 5.40. The van der Waals surface area contributed by atoms with E-state index in [1.165, 1.54) is 4.88 Å². The highest BCUT2D eigenvalue weighted by molar-refractivity contribution is 7.09. The molecular formula is C12H15N3S. The zero-order valence-electron chi connectivity index (χ0n) is 9.53. The van der Waals surface area contributed by atoms with E-state index < -0.39 is 0 Å². The first-order valence-corrected chi connectivity index (χ1v) is 6.26. The first-order chi connectivity index (χ1) is 7.78. The number of aryl methyl sites for hydroxylation is 2. The predicted octanol–water partition coefficient (Wildman–Crippen LogP) is 3.02. The van der Waals surface area contributed by atoms with Crippen LogP contribution in [0.5, 0.6) is 0 Å². The van der Waals surface area contributed by atoms with E-state index in [-0.39, 0.29) is 0 Å². The Kier molecular flexibility index (Phi) is 3.51. The van der Waals surface area contributed by atoms with E-state index in [4.69, 9.17) is 0 Å². The maximum atomic E-state index is 4.36. The highest BCUT2D eigenvalue weighted by Gasteiger charge is 2.00. The highest BCUT2D eigenvalue weighted by Crippen LogP contribution is 2.12. The van der Waals surface area contributed by atoms with Gasteiger partial charge in [-0.15, -0.1) is 11.3 Å². The van der Waals surface area contributed by atoms with Gasteiger partial charge in [-0.3, -0.25) is 0 Å². The molecule has 2 aromatic rings. The van der Waals surface area contributed by atoms with Gasteiger partial charge in [-0.05, 0) is 24.8 Å². The monoisotopic (exact) mass is 233 g/mol. The Balaban J connectivity index is 2.06. The smallest absolute Gasteiger partial charge is 0.130 e. The summed E-state index contributed by atoms with van der Waals surface area (Å²) in [6, 6.07) is 6.19. The molecule has 0 saturated heterocycles. The number of hydrogen-bond acceptors (Lipinski definition) is 4. The fourth-order valence-corrected chi connectivity index (χ4v) is 2.14. The van der Waals surface area contributed by atoms with Gasteiger partial charge >= 0.3 is 0 Å². The van der Waals surface area contributed by atoms with Gasteiger partial charge in [-0.2, -0.15) is 0 Å². The van der Waals surface area contributed by atoms with Crippen LogP contribution in [0.4, 0.5) is 5.82 Å². The van der Waals surface area contributed by atoms with Gasteiger partial charge in [0, 0.05) is 16.6 Å². The molecule has 2 rings (SSSR count). The average Bonchev–Trinajstić information content (AvgIpc) is 2.78. The van der Waals surface area contributed by atoms with Crippen LogP contribution in [-0.4, -0.2) is 9.97 Å². The third kappa shape index (κ3) is 2.79. The molecule has 0 aliphatic rings. The lowest BCUT2D eigenvalue weighted by atomic mass is 10.3. The molecular weight excluding hydrogens is 218 g/mol. The summed E-state index contributed by atoms with van der Waals surface area (Å²) in [4.78, 5) is 10.0. The molecule has 4 heteroatoms. The minimum Gasteiger partial charge on any atom is -0.365 e. The molecule has 0 saturated carbocycles. The van der Waals surface area contributed by atoms with Crippen molar-refractivity contribution in [3.05, 3.63) is 40.0 Å². The maximum absolute atomic E-state index is 4.36. The number of anilines is 1. The van der Waals surface area contributed by atoms with E-state index >= 15 is 0 Å². The largest absolute Gasteiger partial charge is 0.365 e. The fourth-order valence-electron chi connectivity index (χ4n) is 1.49. The number of nitrogens with zero attached hydrogens (tertiary/aromatic N) is 2. The molecule has 0 radical (unpaired) electrons. The molecule has 16 heavy (non-hydrogen) atoms. The van der Waals surface area contributed by atoms with Crippen molar-refractivity contribution in [3.8, 4) is 0 Å². The Hall–Kier alpha value is -1.42. The van der Waals surface area contributed by atoms with Gasteiger partial charge in [0.1, 0.15) is 11.6 Å². The minimum atomic E-state index is 0.827. The molecule has 84 valence electrons. The van der Waals surface area contributed by atoms with E-state index in [1.807, 2.05) is 13.0 Å². The maximum Gasteiger partial charge on any atom is 0.130 e. The Bertz CT molecular complexity index is 451. The van der Waals surface area contributed by atoms with Gasteiger partial charge in [0.15, 0.2) is 0 Å². The fraction of sp³-hybridized carbons (Fsp3) is 0.333. The third-order valence-corrected chi connectivity index (χ3v) is 3.15. The van der Waals surface area contributed by atoms with E-state index in [2.05, 4.69) is 39.7 Å². The number of aromatic nitrogens is 2. The van der Waals surface area contributed by atoms with E-state index in [0.29, 0.717) is 0 Å². The molecule has 0 unspecified atom stereocenters. The van der Waals surface area contributed by atoms with Gasteiger partial charge in [0.25, 0.3) is 0 Å². The van der Waals surface area contributed by atoms with Crippen LogP contribution in [0.2, 0.25) is 0 Å². The molecule has 0 atom stereocenters. The van der Waals surface area contributed by atoms with Gasteiger partial charge in [-0.1, -0.05) is 13.0 Å². The first kappa shape index (κ1) is 11.1. The van der Waals surface area contributed by atoms with Crippen molar-refractivity contribution < 1.29 is 0 Å². The molecule has 3 nitrogen and oxygen atoms in total. The molecule has 2 heterocycles. The molecule has 0 aromatic carbocycles. The summed E-state index contributed by atoms with van der Waals surface area (Å²) in [5.74, 6) is 1.74. The molecule has 0 amide bonds. The van der Waals surface area contributed by atoms with Crippen molar-refractivity contribution in [2.45, 2.75) is 26.8 Å². The molecule has 1 N–H and O–H groups in total. The Morgan fingerprint density at radius 2 is 2.25 bits per heavy atom. The summed E-state index contributed by atoms with van der Waals surface area (Å²) in [6.45, 7) is 4.86. The van der Waals surface area contributed by atoms with Crippen LogP contribution < -0.4 is 5.32 Å². The van der Waals surface area contributed by atoms with Crippen LogP contribution in [0.1, 0.15) is 23.3 Å². The van der Waals surface area contributed by atoms with Crippen molar-refractivity contribution in [1.29, 1.82) is 0 Å². The standard InChI is InChI=1S/C12H15N3S/c1-3-10-7-12(15-9(2)14-10)13-8-11-5-4-6-16-11/h4-7H,3,8H2,1-2H3,(H,13,14,15).